The van der Waals surface area contributed by atoms with Crippen LogP contribution < -0.4 is 5.32 Å². The smallest absolute Gasteiger partial charge is 0.372 e. The molecule has 7 heteroatoms. The Morgan fingerprint density at radius 3 is 2.62 bits per heavy atom. The summed E-state index contributed by atoms with van der Waals surface area (Å²) in [6.07, 6.45) is -3.53. The summed E-state index contributed by atoms with van der Waals surface area (Å²) in [4.78, 5) is 22.0. The molecule has 1 fully saturated rings. The van der Waals surface area contributed by atoms with Crippen molar-refractivity contribution in [2.24, 2.45) is 5.92 Å². The molecule has 0 radical (unpaired) electrons. The first-order valence-electron chi connectivity index (χ1n) is 4.86. The Morgan fingerprint density at radius 2 is 2.06 bits per heavy atom. The van der Waals surface area contributed by atoms with Crippen LogP contribution in [0.5, 0.6) is 0 Å². The zero-order chi connectivity index (χ0) is 12.2. The second kappa shape index (κ2) is 5.29. The average molecular weight is 239 g/mol. The Balaban J connectivity index is 2.18. The lowest BCUT2D eigenvalue weighted by Gasteiger charge is -2.20. The number of hydrogen-bond acceptors (Lipinski definition) is 3. The molecular weight excluding hydrogens is 227 g/mol. The monoisotopic (exact) mass is 239 g/mol. The van der Waals surface area contributed by atoms with E-state index in [9.17, 15) is 22.8 Å². The van der Waals surface area contributed by atoms with Crippen LogP contribution in [0.1, 0.15) is 19.3 Å². The summed E-state index contributed by atoms with van der Waals surface area (Å²) in [6, 6.07) is 0. The Hall–Kier alpha value is -1.11. The minimum atomic E-state index is -4.34. The van der Waals surface area contributed by atoms with Gasteiger partial charge in [-0.2, -0.15) is 13.2 Å². The maximum atomic E-state index is 11.7. The van der Waals surface area contributed by atoms with E-state index in [1.165, 1.54) is 0 Å². The SMILES string of the molecule is O=C1CCC(CCOCC(F)(F)F)C(=O)N1. The van der Waals surface area contributed by atoms with Crippen molar-refractivity contribution in [3.8, 4) is 0 Å². The summed E-state index contributed by atoms with van der Waals surface area (Å²) in [5, 5.41) is 2.13. The van der Waals surface area contributed by atoms with Gasteiger partial charge in [-0.15, -0.1) is 0 Å². The van der Waals surface area contributed by atoms with Gasteiger partial charge in [0.05, 0.1) is 0 Å². The molecule has 0 aromatic carbocycles. The molecule has 0 saturated carbocycles. The van der Waals surface area contributed by atoms with Crippen LogP contribution in [0.3, 0.4) is 0 Å². The van der Waals surface area contributed by atoms with Gasteiger partial charge in [-0.1, -0.05) is 0 Å². The third-order valence-electron chi connectivity index (χ3n) is 2.23. The third-order valence-corrected chi connectivity index (χ3v) is 2.23. The van der Waals surface area contributed by atoms with Gasteiger partial charge >= 0.3 is 6.18 Å². The Morgan fingerprint density at radius 1 is 1.38 bits per heavy atom. The van der Waals surface area contributed by atoms with Crippen LogP contribution in [-0.2, 0) is 14.3 Å². The lowest BCUT2D eigenvalue weighted by Crippen LogP contribution is -2.41. The van der Waals surface area contributed by atoms with E-state index in [-0.39, 0.29) is 25.4 Å². The number of amides is 2. The summed E-state index contributed by atoms with van der Waals surface area (Å²) in [6.45, 7) is -1.44. The Kier molecular flexibility index (Phi) is 4.28. The van der Waals surface area contributed by atoms with Crippen LogP contribution in [-0.4, -0.2) is 31.2 Å². The van der Waals surface area contributed by atoms with E-state index in [2.05, 4.69) is 10.1 Å². The quantitative estimate of drug-likeness (QED) is 0.588. The predicted molar refractivity (Wildman–Crippen MR) is 47.4 cm³/mol. The lowest BCUT2D eigenvalue weighted by atomic mass is 9.95. The first-order chi connectivity index (χ1) is 7.38. The molecule has 92 valence electrons. The summed E-state index contributed by atoms with van der Waals surface area (Å²) >= 11 is 0. The molecule has 1 rings (SSSR count). The molecule has 0 spiro atoms. The maximum absolute atomic E-state index is 11.7. The second-order valence-corrected chi connectivity index (χ2v) is 3.60. The third kappa shape index (κ3) is 4.61. The van der Waals surface area contributed by atoms with E-state index in [1.54, 1.807) is 0 Å². The average Bonchev–Trinajstić information content (AvgIpc) is 2.13. The van der Waals surface area contributed by atoms with E-state index in [4.69, 9.17) is 0 Å². The molecule has 4 nitrogen and oxygen atoms in total. The van der Waals surface area contributed by atoms with Gasteiger partial charge in [0.15, 0.2) is 0 Å². The highest BCUT2D eigenvalue weighted by atomic mass is 19.4. The fraction of sp³-hybridized carbons (Fsp3) is 0.778. The number of hydrogen-bond donors (Lipinski definition) is 1. The van der Waals surface area contributed by atoms with Gasteiger partial charge in [-0.3, -0.25) is 14.9 Å². The fourth-order valence-corrected chi connectivity index (χ4v) is 1.43. The van der Waals surface area contributed by atoms with Crippen LogP contribution in [0.2, 0.25) is 0 Å². The number of piperidine rings is 1. The number of alkyl halides is 3. The van der Waals surface area contributed by atoms with Gasteiger partial charge in [-0.25, -0.2) is 0 Å². The zero-order valence-electron chi connectivity index (χ0n) is 8.47. The summed E-state index contributed by atoms with van der Waals surface area (Å²) in [5.41, 5.74) is 0. The summed E-state index contributed by atoms with van der Waals surface area (Å²) in [5.74, 6) is -1.18. The molecular formula is C9H12F3NO3. The van der Waals surface area contributed by atoms with Crippen molar-refractivity contribution in [1.82, 2.24) is 5.32 Å². The van der Waals surface area contributed by atoms with Crippen LogP contribution in [0.25, 0.3) is 0 Å². The van der Waals surface area contributed by atoms with Crippen molar-refractivity contribution in [1.29, 1.82) is 0 Å². The maximum Gasteiger partial charge on any atom is 0.411 e. The molecule has 2 amide bonds. The molecule has 1 N–H and O–H groups in total. The highest BCUT2D eigenvalue weighted by Crippen LogP contribution is 2.18. The van der Waals surface area contributed by atoms with Crippen LogP contribution in [0, 0.1) is 5.92 Å². The molecule has 0 aromatic heterocycles. The van der Waals surface area contributed by atoms with E-state index in [1.807, 2.05) is 0 Å². The molecule has 1 atom stereocenters. The Labute approximate surface area is 90.1 Å². The number of halogens is 3. The number of carbonyl (C=O) groups excluding carboxylic acids is 2. The molecule has 1 heterocycles. The highest BCUT2D eigenvalue weighted by Gasteiger charge is 2.29. The van der Waals surface area contributed by atoms with Crippen LogP contribution in [0.15, 0.2) is 0 Å². The largest absolute Gasteiger partial charge is 0.411 e. The molecule has 0 aliphatic carbocycles. The van der Waals surface area contributed by atoms with Crippen molar-refractivity contribution in [2.75, 3.05) is 13.2 Å². The molecule has 1 aliphatic heterocycles. The first kappa shape index (κ1) is 13.0. The van der Waals surface area contributed by atoms with Crippen molar-refractivity contribution < 1.29 is 27.5 Å². The van der Waals surface area contributed by atoms with E-state index < -0.39 is 24.6 Å². The van der Waals surface area contributed by atoms with Crippen molar-refractivity contribution in [3.63, 3.8) is 0 Å². The molecule has 16 heavy (non-hydrogen) atoms. The lowest BCUT2D eigenvalue weighted by molar-refractivity contribution is -0.174. The van der Waals surface area contributed by atoms with Gasteiger partial charge in [0.25, 0.3) is 0 Å². The Bertz CT molecular complexity index is 278. The second-order valence-electron chi connectivity index (χ2n) is 3.60. The van der Waals surface area contributed by atoms with Gasteiger partial charge in [0, 0.05) is 18.9 Å². The standard InChI is InChI=1S/C9H12F3NO3/c10-9(11,12)5-16-4-3-6-1-2-7(14)13-8(6)15/h6H,1-5H2,(H,13,14,15). The number of carbonyl (C=O) groups is 2. The van der Waals surface area contributed by atoms with Gasteiger partial charge in [-0.05, 0) is 12.8 Å². The molecule has 0 aromatic rings. The van der Waals surface area contributed by atoms with Crippen LogP contribution in [0.4, 0.5) is 13.2 Å². The minimum absolute atomic E-state index is 0.133. The van der Waals surface area contributed by atoms with Gasteiger partial charge in [0.2, 0.25) is 11.8 Å². The normalized spacial score (nSPS) is 22.1. The number of ether oxygens (including phenoxy) is 1. The topological polar surface area (TPSA) is 55.4 Å². The van der Waals surface area contributed by atoms with Crippen molar-refractivity contribution >= 4 is 11.8 Å². The summed E-state index contributed by atoms with van der Waals surface area (Å²) < 4.78 is 39.5. The molecule has 1 unspecified atom stereocenters. The van der Waals surface area contributed by atoms with E-state index >= 15 is 0 Å². The zero-order valence-corrected chi connectivity index (χ0v) is 8.47. The van der Waals surface area contributed by atoms with Crippen molar-refractivity contribution in [2.45, 2.75) is 25.4 Å². The highest BCUT2D eigenvalue weighted by molar-refractivity contribution is 5.98. The van der Waals surface area contributed by atoms with Gasteiger partial charge < -0.3 is 4.74 Å². The van der Waals surface area contributed by atoms with Crippen molar-refractivity contribution in [3.05, 3.63) is 0 Å². The van der Waals surface area contributed by atoms with E-state index in [0.717, 1.165) is 0 Å². The number of imide groups is 1. The number of rotatable bonds is 4. The fourth-order valence-electron chi connectivity index (χ4n) is 1.43. The molecule has 1 aliphatic rings. The van der Waals surface area contributed by atoms with E-state index in [0.29, 0.717) is 6.42 Å². The summed E-state index contributed by atoms with van der Waals surface area (Å²) in [7, 11) is 0. The minimum Gasteiger partial charge on any atom is -0.372 e. The van der Waals surface area contributed by atoms with Gasteiger partial charge in [0.1, 0.15) is 6.61 Å². The molecule has 1 saturated heterocycles. The number of nitrogens with one attached hydrogen (secondary N) is 1. The molecule has 0 bridgehead atoms. The van der Waals surface area contributed by atoms with Crippen LogP contribution >= 0.6 is 0 Å². The first-order valence-corrected chi connectivity index (χ1v) is 4.86. The predicted octanol–water partition coefficient (Wildman–Crippen LogP) is 1.01.